The number of halogens is 1. The number of hydrogen-bond acceptors (Lipinski definition) is 6. The molecule has 2 aromatic carbocycles. The average Bonchev–Trinajstić information content (AvgIpc) is 3.20. The Labute approximate surface area is 170 Å². The second-order valence-electron chi connectivity index (χ2n) is 5.77. The molecule has 2 N–H and O–H groups in total. The largest absolute Gasteiger partial charge is 0.468 e. The van der Waals surface area contributed by atoms with Crippen molar-refractivity contribution in [3.63, 3.8) is 0 Å². The molecule has 1 heterocycles. The van der Waals surface area contributed by atoms with Gasteiger partial charge >= 0.3 is 0 Å². The predicted octanol–water partition coefficient (Wildman–Crippen LogP) is 3.57. The molecule has 3 aromatic rings. The molecule has 0 radical (unpaired) electrons. The minimum absolute atomic E-state index is 0.00827. The van der Waals surface area contributed by atoms with E-state index in [0.717, 1.165) is 6.07 Å². The lowest BCUT2D eigenvalue weighted by molar-refractivity contribution is -0.383. The third kappa shape index (κ3) is 4.80. The molecule has 1 aromatic heterocycles. The molecule has 0 aliphatic heterocycles. The summed E-state index contributed by atoms with van der Waals surface area (Å²) in [5.74, 6) is -0.371. The van der Waals surface area contributed by atoms with Crippen LogP contribution in [0.2, 0.25) is 5.02 Å². The number of sulfonamides is 1. The summed E-state index contributed by atoms with van der Waals surface area (Å²) in [5.41, 5.74) is -0.491. The monoisotopic (exact) mass is 435 g/mol. The van der Waals surface area contributed by atoms with Gasteiger partial charge in [0.15, 0.2) is 0 Å². The van der Waals surface area contributed by atoms with E-state index in [-0.39, 0.29) is 33.4 Å². The summed E-state index contributed by atoms with van der Waals surface area (Å²) in [4.78, 5) is 22.8. The lowest BCUT2D eigenvalue weighted by Crippen LogP contribution is -2.23. The van der Waals surface area contributed by atoms with Crippen LogP contribution in [0.1, 0.15) is 16.1 Å². The van der Waals surface area contributed by atoms with Gasteiger partial charge in [-0.1, -0.05) is 23.7 Å². The van der Waals surface area contributed by atoms with Gasteiger partial charge in [0, 0.05) is 6.07 Å². The van der Waals surface area contributed by atoms with Crippen LogP contribution in [-0.4, -0.2) is 19.2 Å². The van der Waals surface area contributed by atoms with Gasteiger partial charge in [-0.3, -0.25) is 14.9 Å². The van der Waals surface area contributed by atoms with E-state index in [0.29, 0.717) is 5.76 Å². The van der Waals surface area contributed by atoms with Crippen molar-refractivity contribution in [3.8, 4) is 0 Å². The summed E-state index contributed by atoms with van der Waals surface area (Å²) < 4.78 is 32.4. The zero-order valence-corrected chi connectivity index (χ0v) is 16.2. The van der Waals surface area contributed by atoms with Crippen molar-refractivity contribution in [2.45, 2.75) is 11.4 Å². The number of nitrogens with one attached hydrogen (secondary N) is 2. The van der Waals surface area contributed by atoms with Crippen LogP contribution in [0.25, 0.3) is 0 Å². The summed E-state index contributed by atoms with van der Waals surface area (Å²) in [5, 5.41) is 13.5. The molecule has 0 aliphatic carbocycles. The summed E-state index contributed by atoms with van der Waals surface area (Å²) in [6, 6.07) is 12.4. The van der Waals surface area contributed by atoms with E-state index in [1.54, 1.807) is 12.1 Å². The Bertz CT molecular complexity index is 1160. The van der Waals surface area contributed by atoms with E-state index >= 15 is 0 Å². The second-order valence-corrected chi connectivity index (χ2v) is 7.95. The van der Waals surface area contributed by atoms with Gasteiger partial charge in [0.1, 0.15) is 11.4 Å². The molecular weight excluding hydrogens is 422 g/mol. The standard InChI is InChI=1S/C18H14ClN3O6S/c19-15-8-7-13(29(26,27)20-11-12-4-3-9-28-12)10-14(15)18(23)21-16-5-1-2-6-17(16)22(24)25/h1-10,20H,11H2,(H,21,23). The summed E-state index contributed by atoms with van der Waals surface area (Å²) >= 11 is 6.04. The number of carbonyl (C=O) groups excluding carboxylic acids is 1. The number of hydrogen-bond donors (Lipinski definition) is 2. The van der Waals surface area contributed by atoms with Gasteiger partial charge < -0.3 is 9.73 Å². The highest BCUT2D eigenvalue weighted by Crippen LogP contribution is 2.26. The molecule has 0 bridgehead atoms. The van der Waals surface area contributed by atoms with Gasteiger partial charge in [0.2, 0.25) is 10.0 Å². The number of para-hydroxylation sites is 2. The topological polar surface area (TPSA) is 132 Å². The normalized spacial score (nSPS) is 11.2. The lowest BCUT2D eigenvalue weighted by Gasteiger charge is -2.10. The molecule has 0 saturated heterocycles. The number of nitrogens with zero attached hydrogens (tertiary/aromatic N) is 1. The third-order valence-corrected chi connectivity index (χ3v) is 5.59. The van der Waals surface area contributed by atoms with E-state index in [9.17, 15) is 23.3 Å². The molecule has 0 saturated carbocycles. The molecule has 29 heavy (non-hydrogen) atoms. The fourth-order valence-electron chi connectivity index (χ4n) is 2.44. The van der Waals surface area contributed by atoms with Crippen LogP contribution in [0.5, 0.6) is 0 Å². The number of amides is 1. The van der Waals surface area contributed by atoms with Gasteiger partial charge in [-0.15, -0.1) is 0 Å². The maximum Gasteiger partial charge on any atom is 0.292 e. The first-order chi connectivity index (χ1) is 13.8. The van der Waals surface area contributed by atoms with E-state index < -0.39 is 20.9 Å². The highest BCUT2D eigenvalue weighted by Gasteiger charge is 2.21. The quantitative estimate of drug-likeness (QED) is 0.430. The molecule has 0 fully saturated rings. The SMILES string of the molecule is O=C(Nc1ccccc1[N+](=O)[O-])c1cc(S(=O)(=O)NCc2ccco2)ccc1Cl. The minimum Gasteiger partial charge on any atom is -0.468 e. The first-order valence-corrected chi connectivity index (χ1v) is 10.0. The van der Waals surface area contributed by atoms with Gasteiger partial charge in [-0.25, -0.2) is 13.1 Å². The number of rotatable bonds is 7. The van der Waals surface area contributed by atoms with Crippen LogP contribution >= 0.6 is 11.6 Å². The van der Waals surface area contributed by atoms with E-state index in [4.69, 9.17) is 16.0 Å². The molecule has 0 unspecified atom stereocenters. The fourth-order valence-corrected chi connectivity index (χ4v) is 3.66. The third-order valence-electron chi connectivity index (χ3n) is 3.86. The molecular formula is C18H14ClN3O6S. The van der Waals surface area contributed by atoms with E-state index in [1.807, 2.05) is 0 Å². The Morgan fingerprint density at radius 1 is 1.14 bits per heavy atom. The molecule has 0 atom stereocenters. The average molecular weight is 436 g/mol. The van der Waals surface area contributed by atoms with Gasteiger partial charge in [0.05, 0.1) is 33.2 Å². The van der Waals surface area contributed by atoms with Crippen molar-refractivity contribution in [1.82, 2.24) is 4.72 Å². The maximum absolute atomic E-state index is 12.6. The first-order valence-electron chi connectivity index (χ1n) is 8.14. The van der Waals surface area contributed by atoms with Crippen molar-refractivity contribution in [1.29, 1.82) is 0 Å². The van der Waals surface area contributed by atoms with Crippen molar-refractivity contribution in [2.24, 2.45) is 0 Å². The molecule has 1 amide bonds. The Balaban J connectivity index is 1.85. The molecule has 0 spiro atoms. The number of nitro groups is 1. The van der Waals surface area contributed by atoms with Crippen molar-refractivity contribution in [2.75, 3.05) is 5.32 Å². The highest BCUT2D eigenvalue weighted by atomic mass is 35.5. The van der Waals surface area contributed by atoms with Crippen molar-refractivity contribution >= 4 is 38.9 Å². The maximum atomic E-state index is 12.6. The van der Waals surface area contributed by atoms with Crippen LogP contribution in [-0.2, 0) is 16.6 Å². The number of carbonyl (C=O) groups is 1. The summed E-state index contributed by atoms with van der Waals surface area (Å²) in [6.45, 7) is -0.0737. The Morgan fingerprint density at radius 3 is 2.59 bits per heavy atom. The predicted molar refractivity (Wildman–Crippen MR) is 105 cm³/mol. The second kappa shape index (κ2) is 8.43. The zero-order chi connectivity index (χ0) is 21.0. The lowest BCUT2D eigenvalue weighted by atomic mass is 10.2. The minimum atomic E-state index is -3.96. The van der Waals surface area contributed by atoms with Crippen LogP contribution in [0, 0.1) is 10.1 Å². The van der Waals surface area contributed by atoms with Gasteiger partial charge in [-0.05, 0) is 36.4 Å². The number of nitro benzene ring substituents is 1. The van der Waals surface area contributed by atoms with Crippen LogP contribution in [0.15, 0.2) is 70.2 Å². The summed E-state index contributed by atoms with van der Waals surface area (Å²) in [7, 11) is -3.96. The molecule has 9 nitrogen and oxygen atoms in total. The smallest absolute Gasteiger partial charge is 0.292 e. The first kappa shape index (κ1) is 20.5. The summed E-state index contributed by atoms with van der Waals surface area (Å²) in [6.07, 6.45) is 1.41. The van der Waals surface area contributed by atoms with Crippen molar-refractivity contribution < 1.29 is 22.6 Å². The number of benzene rings is 2. The molecule has 150 valence electrons. The molecule has 11 heteroatoms. The Hall–Kier alpha value is -3.21. The Kier molecular flexibility index (Phi) is 5.97. The van der Waals surface area contributed by atoms with Crippen molar-refractivity contribution in [3.05, 3.63) is 87.3 Å². The van der Waals surface area contributed by atoms with Gasteiger partial charge in [-0.2, -0.15) is 0 Å². The Morgan fingerprint density at radius 2 is 1.90 bits per heavy atom. The highest BCUT2D eigenvalue weighted by molar-refractivity contribution is 7.89. The van der Waals surface area contributed by atoms with E-state index in [2.05, 4.69) is 10.0 Å². The molecule has 3 rings (SSSR count). The van der Waals surface area contributed by atoms with Crippen LogP contribution in [0.4, 0.5) is 11.4 Å². The zero-order valence-electron chi connectivity index (χ0n) is 14.7. The fraction of sp³-hybridized carbons (Fsp3) is 0.0556. The number of furan rings is 1. The van der Waals surface area contributed by atoms with Crippen LogP contribution in [0.3, 0.4) is 0 Å². The van der Waals surface area contributed by atoms with E-state index in [1.165, 1.54) is 42.7 Å². The number of anilines is 1. The van der Waals surface area contributed by atoms with Gasteiger partial charge in [0.25, 0.3) is 11.6 Å². The van der Waals surface area contributed by atoms with Crippen LogP contribution < -0.4 is 10.0 Å². The molecule has 0 aliphatic rings.